The Balaban J connectivity index is 1.73. The lowest BCUT2D eigenvalue weighted by Gasteiger charge is -2.13. The number of rotatable bonds is 5. The van der Waals surface area contributed by atoms with Crippen molar-refractivity contribution in [3.8, 4) is 11.6 Å². The SMILES string of the molecule is CC(=O)Nc1cc(Oc2ccc(F)c(NC(=O)Nc3ccc(Cl)c(C(F)(F)F)c3)c2)ncn1. The van der Waals surface area contributed by atoms with Crippen LogP contribution in [0.3, 0.4) is 0 Å². The summed E-state index contributed by atoms with van der Waals surface area (Å²) in [6.07, 6.45) is -3.58. The molecule has 2 aromatic carbocycles. The van der Waals surface area contributed by atoms with Gasteiger partial charge in [-0.05, 0) is 30.3 Å². The lowest BCUT2D eigenvalue weighted by molar-refractivity contribution is -0.137. The van der Waals surface area contributed by atoms with Crippen molar-refractivity contribution in [2.24, 2.45) is 0 Å². The number of urea groups is 1. The molecule has 0 saturated heterocycles. The Labute approximate surface area is 188 Å². The molecule has 0 fully saturated rings. The Kier molecular flexibility index (Phi) is 6.97. The topological polar surface area (TPSA) is 105 Å². The summed E-state index contributed by atoms with van der Waals surface area (Å²) in [5.41, 5.74) is -1.65. The zero-order chi connectivity index (χ0) is 24.2. The number of amides is 3. The molecule has 0 aliphatic rings. The molecule has 0 aliphatic carbocycles. The number of carbonyl (C=O) groups excluding carboxylic acids is 2. The van der Waals surface area contributed by atoms with Gasteiger partial charge in [0.05, 0.1) is 16.3 Å². The number of nitrogens with zero attached hydrogens (tertiary/aromatic N) is 2. The average molecular weight is 484 g/mol. The minimum absolute atomic E-state index is 0.0246. The van der Waals surface area contributed by atoms with E-state index in [2.05, 4.69) is 25.9 Å². The molecule has 8 nitrogen and oxygen atoms in total. The first-order valence-corrected chi connectivity index (χ1v) is 9.41. The van der Waals surface area contributed by atoms with Gasteiger partial charge in [-0.2, -0.15) is 13.2 Å². The van der Waals surface area contributed by atoms with Crippen molar-refractivity contribution >= 4 is 40.7 Å². The largest absolute Gasteiger partial charge is 0.439 e. The summed E-state index contributed by atoms with van der Waals surface area (Å²) in [6.45, 7) is 1.29. The fourth-order valence-corrected chi connectivity index (χ4v) is 2.76. The fourth-order valence-electron chi connectivity index (χ4n) is 2.53. The summed E-state index contributed by atoms with van der Waals surface area (Å²) in [7, 11) is 0. The predicted octanol–water partition coefficient (Wildman–Crippen LogP) is 5.68. The Morgan fingerprint density at radius 3 is 2.45 bits per heavy atom. The third kappa shape index (κ3) is 6.53. The molecule has 13 heteroatoms. The molecule has 0 saturated carbocycles. The number of ether oxygens (including phenoxy) is 1. The van der Waals surface area contributed by atoms with Gasteiger partial charge < -0.3 is 20.7 Å². The van der Waals surface area contributed by atoms with E-state index in [1.54, 1.807) is 0 Å². The van der Waals surface area contributed by atoms with Crippen molar-refractivity contribution < 1.29 is 31.9 Å². The Bertz CT molecular complexity index is 1210. The molecular weight excluding hydrogens is 470 g/mol. The van der Waals surface area contributed by atoms with Crippen LogP contribution in [0.25, 0.3) is 0 Å². The zero-order valence-corrected chi connectivity index (χ0v) is 17.4. The van der Waals surface area contributed by atoms with Gasteiger partial charge in [0.15, 0.2) is 0 Å². The summed E-state index contributed by atoms with van der Waals surface area (Å²) in [6, 6.07) is 6.51. The number of anilines is 3. The molecule has 0 atom stereocenters. The molecule has 1 heterocycles. The molecule has 33 heavy (non-hydrogen) atoms. The number of halogens is 5. The number of aromatic nitrogens is 2. The Morgan fingerprint density at radius 1 is 1.00 bits per heavy atom. The van der Waals surface area contributed by atoms with Crippen LogP contribution in [-0.2, 0) is 11.0 Å². The lowest BCUT2D eigenvalue weighted by Crippen LogP contribution is -2.20. The number of hydrogen-bond acceptors (Lipinski definition) is 5. The van der Waals surface area contributed by atoms with Crippen LogP contribution in [0.2, 0.25) is 5.02 Å². The van der Waals surface area contributed by atoms with Crippen LogP contribution in [0.1, 0.15) is 12.5 Å². The van der Waals surface area contributed by atoms with E-state index >= 15 is 0 Å². The highest BCUT2D eigenvalue weighted by molar-refractivity contribution is 6.31. The van der Waals surface area contributed by atoms with E-state index in [0.29, 0.717) is 6.07 Å². The molecule has 0 bridgehead atoms. The predicted molar refractivity (Wildman–Crippen MR) is 112 cm³/mol. The van der Waals surface area contributed by atoms with Gasteiger partial charge in [-0.1, -0.05) is 11.6 Å². The normalized spacial score (nSPS) is 11.0. The first-order valence-electron chi connectivity index (χ1n) is 9.03. The van der Waals surface area contributed by atoms with E-state index in [4.69, 9.17) is 16.3 Å². The van der Waals surface area contributed by atoms with Crippen molar-refractivity contribution in [2.75, 3.05) is 16.0 Å². The number of nitrogens with one attached hydrogen (secondary N) is 3. The maximum atomic E-state index is 14.2. The standard InChI is InChI=1S/C20H14ClF4N5O3/c1-10(31)28-17-8-18(27-9-26-17)33-12-3-5-15(22)16(7-12)30-19(32)29-11-2-4-14(21)13(6-11)20(23,24)25/h2-9H,1H3,(H2,29,30,32)(H,26,27,28,31). The monoisotopic (exact) mass is 483 g/mol. The van der Waals surface area contributed by atoms with E-state index in [1.165, 1.54) is 19.1 Å². The molecule has 0 aliphatic heterocycles. The second kappa shape index (κ2) is 9.69. The molecule has 172 valence electrons. The first-order chi connectivity index (χ1) is 15.5. The molecular formula is C20H14ClF4N5O3. The Morgan fingerprint density at radius 2 is 1.76 bits per heavy atom. The molecule has 0 radical (unpaired) electrons. The summed E-state index contributed by atoms with van der Waals surface area (Å²) in [5, 5.41) is 6.27. The minimum Gasteiger partial charge on any atom is -0.439 e. The van der Waals surface area contributed by atoms with Crippen molar-refractivity contribution in [1.29, 1.82) is 0 Å². The third-order valence-electron chi connectivity index (χ3n) is 3.88. The van der Waals surface area contributed by atoms with Crippen molar-refractivity contribution in [2.45, 2.75) is 13.1 Å². The molecule has 0 unspecified atom stereocenters. The van der Waals surface area contributed by atoms with E-state index in [1.807, 2.05) is 0 Å². The quantitative estimate of drug-likeness (QED) is 0.405. The van der Waals surface area contributed by atoms with E-state index in [9.17, 15) is 27.2 Å². The highest BCUT2D eigenvalue weighted by Crippen LogP contribution is 2.36. The molecule has 3 rings (SSSR count). The smallest absolute Gasteiger partial charge is 0.417 e. The number of alkyl halides is 3. The molecule has 3 aromatic rings. The van der Waals surface area contributed by atoms with Crippen LogP contribution in [-0.4, -0.2) is 21.9 Å². The summed E-state index contributed by atoms with van der Waals surface area (Å²) in [4.78, 5) is 31.0. The minimum atomic E-state index is -4.72. The highest BCUT2D eigenvalue weighted by atomic mass is 35.5. The van der Waals surface area contributed by atoms with Crippen LogP contribution >= 0.6 is 11.6 Å². The number of benzene rings is 2. The van der Waals surface area contributed by atoms with Gasteiger partial charge in [-0.15, -0.1) is 0 Å². The van der Waals surface area contributed by atoms with Gasteiger partial charge in [-0.3, -0.25) is 4.79 Å². The van der Waals surface area contributed by atoms with E-state index in [0.717, 1.165) is 30.6 Å². The van der Waals surface area contributed by atoms with Crippen molar-refractivity contribution in [3.05, 3.63) is 65.2 Å². The summed E-state index contributed by atoms with van der Waals surface area (Å²) < 4.78 is 58.5. The van der Waals surface area contributed by atoms with Gasteiger partial charge in [0.2, 0.25) is 11.8 Å². The lowest BCUT2D eigenvalue weighted by atomic mass is 10.2. The van der Waals surface area contributed by atoms with Crippen molar-refractivity contribution in [1.82, 2.24) is 9.97 Å². The summed E-state index contributed by atoms with van der Waals surface area (Å²) in [5.74, 6) is -0.914. The first kappa shape index (κ1) is 23.7. The highest BCUT2D eigenvalue weighted by Gasteiger charge is 2.33. The van der Waals surface area contributed by atoms with E-state index < -0.39 is 28.6 Å². The molecule has 3 N–H and O–H groups in total. The molecule has 1 aromatic heterocycles. The third-order valence-corrected chi connectivity index (χ3v) is 4.21. The molecule has 3 amide bonds. The Hall–Kier alpha value is -3.93. The van der Waals surface area contributed by atoms with Gasteiger partial charge in [0.1, 0.15) is 23.7 Å². The van der Waals surface area contributed by atoms with Gasteiger partial charge in [0.25, 0.3) is 0 Å². The van der Waals surface area contributed by atoms with Crippen LogP contribution in [0.4, 0.5) is 39.5 Å². The second-order valence-electron chi connectivity index (χ2n) is 6.44. The maximum Gasteiger partial charge on any atom is 0.417 e. The maximum absolute atomic E-state index is 14.2. The van der Waals surface area contributed by atoms with Gasteiger partial charge in [-0.25, -0.2) is 19.2 Å². The summed E-state index contributed by atoms with van der Waals surface area (Å²) >= 11 is 5.54. The van der Waals surface area contributed by atoms with Crippen molar-refractivity contribution in [3.63, 3.8) is 0 Å². The van der Waals surface area contributed by atoms with Crippen LogP contribution in [0, 0.1) is 5.82 Å². The van der Waals surface area contributed by atoms with Crippen LogP contribution in [0.15, 0.2) is 48.8 Å². The fraction of sp³-hybridized carbons (Fsp3) is 0.100. The van der Waals surface area contributed by atoms with E-state index in [-0.39, 0.29) is 34.7 Å². The molecule has 0 spiro atoms. The second-order valence-corrected chi connectivity index (χ2v) is 6.85. The van der Waals surface area contributed by atoms with Gasteiger partial charge >= 0.3 is 12.2 Å². The van der Waals surface area contributed by atoms with Crippen LogP contribution < -0.4 is 20.7 Å². The van der Waals surface area contributed by atoms with Gasteiger partial charge in [0, 0.05) is 24.7 Å². The number of hydrogen-bond donors (Lipinski definition) is 3. The zero-order valence-electron chi connectivity index (χ0n) is 16.6. The number of carbonyl (C=O) groups is 2. The van der Waals surface area contributed by atoms with Crippen LogP contribution in [0.5, 0.6) is 11.6 Å². The average Bonchev–Trinajstić information content (AvgIpc) is 2.71.